The summed E-state index contributed by atoms with van der Waals surface area (Å²) in [6.07, 6.45) is 1.30. The maximum absolute atomic E-state index is 11.4. The lowest BCUT2D eigenvalue weighted by Crippen LogP contribution is -2.39. The van der Waals surface area contributed by atoms with Crippen LogP contribution in [0.3, 0.4) is 0 Å². The van der Waals surface area contributed by atoms with E-state index in [-0.39, 0.29) is 0 Å². The lowest BCUT2D eigenvalue weighted by molar-refractivity contribution is -0.120. The summed E-state index contributed by atoms with van der Waals surface area (Å²) in [5, 5.41) is 4.40. The number of alkyl carbamates (subject to hydrolysis) is 1. The van der Waals surface area contributed by atoms with Gasteiger partial charge in [0.25, 0.3) is 5.91 Å². The number of nitrogens with one attached hydrogen (secondary N) is 1. The number of nitrogens with zero attached hydrogens (tertiary/aromatic N) is 2. The molecule has 1 fully saturated rings. The molecule has 0 radical (unpaired) electrons. The predicted octanol–water partition coefficient (Wildman–Crippen LogP) is 2.38. The molecule has 2 heterocycles. The summed E-state index contributed by atoms with van der Waals surface area (Å²) in [7, 11) is 0. The minimum Gasteiger partial charge on any atom is -0.439 e. The second-order valence-corrected chi connectivity index (χ2v) is 7.41. The van der Waals surface area contributed by atoms with Crippen LogP contribution in [0.15, 0.2) is 18.2 Å². The van der Waals surface area contributed by atoms with Crippen LogP contribution in [0.25, 0.3) is 10.2 Å². The zero-order valence-electron chi connectivity index (χ0n) is 13.5. The molecule has 1 aliphatic heterocycles. The van der Waals surface area contributed by atoms with Crippen LogP contribution < -0.4 is 16.0 Å². The molecule has 134 valence electrons. The van der Waals surface area contributed by atoms with Gasteiger partial charge in [0, 0.05) is 24.7 Å². The molecule has 0 spiro atoms. The molecule has 0 atom stereocenters. The second-order valence-electron chi connectivity index (χ2n) is 5.96. The van der Waals surface area contributed by atoms with Gasteiger partial charge in [0.2, 0.25) is 0 Å². The Bertz CT molecular complexity index is 774. The second kappa shape index (κ2) is 7.88. The van der Waals surface area contributed by atoms with Crippen LogP contribution in [-0.4, -0.2) is 43.2 Å². The zero-order valence-corrected chi connectivity index (χ0v) is 15.1. The molecule has 9 heteroatoms. The van der Waals surface area contributed by atoms with E-state index in [1.54, 1.807) is 11.3 Å². The Morgan fingerprint density at radius 2 is 2.16 bits per heavy atom. The van der Waals surface area contributed by atoms with Crippen LogP contribution in [0.1, 0.15) is 12.8 Å². The van der Waals surface area contributed by atoms with Crippen molar-refractivity contribution < 1.29 is 14.3 Å². The van der Waals surface area contributed by atoms with Crippen LogP contribution in [-0.2, 0) is 9.53 Å². The van der Waals surface area contributed by atoms with Gasteiger partial charge in [-0.1, -0.05) is 22.9 Å². The number of piperidine rings is 1. The van der Waals surface area contributed by atoms with Gasteiger partial charge in [-0.3, -0.25) is 4.79 Å². The van der Waals surface area contributed by atoms with Gasteiger partial charge in [0.15, 0.2) is 11.7 Å². The molecule has 0 bridgehead atoms. The van der Waals surface area contributed by atoms with Crippen molar-refractivity contribution in [2.24, 2.45) is 11.7 Å². The number of rotatable bonds is 5. The number of ether oxygens (including phenoxy) is 1. The first kappa shape index (κ1) is 17.8. The number of benzene rings is 1. The Balaban J connectivity index is 1.48. The molecule has 2 aromatic rings. The summed E-state index contributed by atoms with van der Waals surface area (Å²) in [6, 6.07) is 5.72. The third-order valence-corrected chi connectivity index (χ3v) is 5.42. The molecule has 0 aliphatic carbocycles. The topological polar surface area (TPSA) is 97.6 Å². The number of hydrogen-bond acceptors (Lipinski definition) is 6. The van der Waals surface area contributed by atoms with Crippen LogP contribution >= 0.6 is 22.9 Å². The maximum atomic E-state index is 11.4. The van der Waals surface area contributed by atoms with Gasteiger partial charge in [-0.05, 0) is 37.0 Å². The third kappa shape index (κ3) is 4.73. The Morgan fingerprint density at radius 3 is 2.88 bits per heavy atom. The highest BCUT2D eigenvalue weighted by atomic mass is 35.5. The van der Waals surface area contributed by atoms with Crippen molar-refractivity contribution in [3.63, 3.8) is 0 Å². The minimum absolute atomic E-state index is 0.376. The van der Waals surface area contributed by atoms with Crippen molar-refractivity contribution in [1.29, 1.82) is 0 Å². The summed E-state index contributed by atoms with van der Waals surface area (Å²) in [6.45, 7) is 1.90. The Kier molecular flexibility index (Phi) is 5.60. The molecule has 1 aliphatic rings. The van der Waals surface area contributed by atoms with Gasteiger partial charge in [0.05, 0.1) is 10.2 Å². The average molecular weight is 383 g/mol. The maximum Gasteiger partial charge on any atom is 0.407 e. The first-order valence-corrected chi connectivity index (χ1v) is 9.20. The zero-order chi connectivity index (χ0) is 17.8. The number of carbonyl (C=O) groups excluding carboxylic acids is 2. The van der Waals surface area contributed by atoms with Gasteiger partial charge < -0.3 is 20.7 Å². The van der Waals surface area contributed by atoms with Crippen molar-refractivity contribution in [1.82, 2.24) is 10.3 Å². The summed E-state index contributed by atoms with van der Waals surface area (Å²) in [4.78, 5) is 28.9. The SMILES string of the molecule is NC(=O)COC(=O)NCC1CCN(c2nc3ccc(Cl)cc3s2)CC1. The summed E-state index contributed by atoms with van der Waals surface area (Å²) < 4.78 is 5.76. The highest BCUT2D eigenvalue weighted by Crippen LogP contribution is 2.32. The fraction of sp³-hybridized carbons (Fsp3) is 0.438. The van der Waals surface area contributed by atoms with E-state index >= 15 is 0 Å². The number of halogens is 1. The molecular weight excluding hydrogens is 364 g/mol. The molecule has 25 heavy (non-hydrogen) atoms. The molecule has 0 saturated carbocycles. The Morgan fingerprint density at radius 1 is 1.40 bits per heavy atom. The molecule has 1 saturated heterocycles. The highest BCUT2D eigenvalue weighted by Gasteiger charge is 2.22. The van der Waals surface area contributed by atoms with Crippen LogP contribution in [0.2, 0.25) is 5.02 Å². The molecule has 3 rings (SSSR count). The minimum atomic E-state index is -0.666. The predicted molar refractivity (Wildman–Crippen MR) is 98.1 cm³/mol. The fourth-order valence-electron chi connectivity index (χ4n) is 2.77. The fourth-order valence-corrected chi connectivity index (χ4v) is 4.06. The van der Waals surface area contributed by atoms with E-state index in [9.17, 15) is 9.59 Å². The molecular formula is C16H19ClN4O3S. The van der Waals surface area contributed by atoms with E-state index in [1.165, 1.54) is 0 Å². The number of primary amides is 1. The molecule has 1 aromatic heterocycles. The number of amides is 2. The van der Waals surface area contributed by atoms with Gasteiger partial charge in [-0.15, -0.1) is 0 Å². The molecule has 1 aromatic carbocycles. The smallest absolute Gasteiger partial charge is 0.407 e. The van der Waals surface area contributed by atoms with Crippen LogP contribution in [0, 0.1) is 5.92 Å². The number of carbonyl (C=O) groups is 2. The van der Waals surface area contributed by atoms with Gasteiger partial charge in [-0.25, -0.2) is 9.78 Å². The lowest BCUT2D eigenvalue weighted by Gasteiger charge is -2.31. The van der Waals surface area contributed by atoms with Crippen LogP contribution in [0.4, 0.5) is 9.93 Å². The molecule has 3 N–H and O–H groups in total. The van der Waals surface area contributed by atoms with Crippen molar-refractivity contribution >= 4 is 50.3 Å². The van der Waals surface area contributed by atoms with E-state index < -0.39 is 18.6 Å². The first-order chi connectivity index (χ1) is 12.0. The number of anilines is 1. The van der Waals surface area contributed by atoms with Gasteiger partial charge >= 0.3 is 6.09 Å². The quantitative estimate of drug-likeness (QED) is 0.827. The largest absolute Gasteiger partial charge is 0.439 e. The Hall–Kier alpha value is -2.06. The van der Waals surface area contributed by atoms with Crippen LogP contribution in [0.5, 0.6) is 0 Å². The summed E-state index contributed by atoms with van der Waals surface area (Å²) >= 11 is 7.67. The van der Waals surface area contributed by atoms with E-state index in [4.69, 9.17) is 17.3 Å². The molecule has 2 amide bonds. The van der Waals surface area contributed by atoms with Gasteiger partial charge in [-0.2, -0.15) is 0 Å². The number of nitrogens with two attached hydrogens (primary N) is 1. The van der Waals surface area contributed by atoms with Crippen molar-refractivity contribution in [2.75, 3.05) is 31.1 Å². The normalized spacial score (nSPS) is 15.3. The van der Waals surface area contributed by atoms with Crippen molar-refractivity contribution in [2.45, 2.75) is 12.8 Å². The number of thiazole rings is 1. The van der Waals surface area contributed by atoms with E-state index in [1.807, 2.05) is 18.2 Å². The Labute approximate surface area is 154 Å². The van der Waals surface area contributed by atoms with E-state index in [0.717, 1.165) is 46.3 Å². The van der Waals surface area contributed by atoms with E-state index in [2.05, 4.69) is 19.9 Å². The third-order valence-electron chi connectivity index (χ3n) is 4.10. The average Bonchev–Trinajstić information content (AvgIpc) is 3.01. The number of fused-ring (bicyclic) bond motifs is 1. The van der Waals surface area contributed by atoms with Gasteiger partial charge in [0.1, 0.15) is 0 Å². The monoisotopic (exact) mass is 382 g/mol. The highest BCUT2D eigenvalue weighted by molar-refractivity contribution is 7.22. The van der Waals surface area contributed by atoms with E-state index in [0.29, 0.717) is 12.5 Å². The molecule has 7 nitrogen and oxygen atoms in total. The number of hydrogen-bond donors (Lipinski definition) is 2. The molecule has 0 unspecified atom stereocenters. The first-order valence-electron chi connectivity index (χ1n) is 8.01. The summed E-state index contributed by atoms with van der Waals surface area (Å²) in [5.74, 6) is -0.290. The number of aromatic nitrogens is 1. The standard InChI is InChI=1S/C16H19ClN4O3S/c17-11-1-2-12-13(7-11)25-15(20-12)21-5-3-10(4-6-21)8-19-16(23)24-9-14(18)22/h1-2,7,10H,3-6,8-9H2,(H2,18,22)(H,19,23). The summed E-state index contributed by atoms with van der Waals surface area (Å²) in [5.41, 5.74) is 5.89. The van der Waals surface area contributed by atoms with Crippen molar-refractivity contribution in [3.05, 3.63) is 23.2 Å². The van der Waals surface area contributed by atoms with Crippen molar-refractivity contribution in [3.8, 4) is 0 Å². The lowest BCUT2D eigenvalue weighted by atomic mass is 9.97.